The molecule has 2 aromatic carbocycles. The van der Waals surface area contributed by atoms with Gasteiger partial charge in [-0.3, -0.25) is 14.5 Å². The number of hydrogen-bond donors (Lipinski definition) is 1. The second-order valence-corrected chi connectivity index (χ2v) is 11.7. The summed E-state index contributed by atoms with van der Waals surface area (Å²) in [6.45, 7) is 5.79. The van der Waals surface area contributed by atoms with Crippen molar-refractivity contribution in [3.63, 3.8) is 0 Å². The average molecular weight is 585 g/mol. The number of carbonyl (C=O) groups excluding carboxylic acids is 2. The van der Waals surface area contributed by atoms with E-state index in [9.17, 15) is 22.4 Å². The lowest BCUT2D eigenvalue weighted by molar-refractivity contribution is -0.139. The monoisotopic (exact) mass is 583 g/mol. The van der Waals surface area contributed by atoms with Crippen LogP contribution in [0, 0.1) is 5.82 Å². The Hall–Kier alpha value is -2.34. The number of primary sulfonamides is 1. The SMILES string of the molecule is C[C@@H]1CN(Cc2ccc(F)cc2)[C@@H](C)CN1C(=O)COc1ccc(Br)cc1CCC(=O)CS(N)(=O)=O. The molecule has 0 saturated carbocycles. The first-order valence-corrected chi connectivity index (χ1v) is 14.1. The van der Waals surface area contributed by atoms with Crippen LogP contribution in [-0.2, 0) is 32.6 Å². The topological polar surface area (TPSA) is 110 Å². The maximum Gasteiger partial charge on any atom is 0.260 e. The molecule has 0 radical (unpaired) electrons. The van der Waals surface area contributed by atoms with Crippen molar-refractivity contribution < 1.29 is 27.1 Å². The van der Waals surface area contributed by atoms with Crippen LogP contribution in [0.25, 0.3) is 0 Å². The van der Waals surface area contributed by atoms with E-state index in [0.717, 1.165) is 10.0 Å². The lowest BCUT2D eigenvalue weighted by atomic mass is 10.1. The molecule has 1 amide bonds. The van der Waals surface area contributed by atoms with Crippen LogP contribution < -0.4 is 9.88 Å². The molecule has 2 atom stereocenters. The van der Waals surface area contributed by atoms with E-state index in [1.54, 1.807) is 35.2 Å². The van der Waals surface area contributed by atoms with Crippen molar-refractivity contribution in [3.05, 3.63) is 63.9 Å². The number of nitrogens with zero attached hydrogens (tertiary/aromatic N) is 2. The molecule has 2 N–H and O–H groups in total. The zero-order chi connectivity index (χ0) is 26.5. The van der Waals surface area contributed by atoms with Crippen molar-refractivity contribution in [2.45, 2.75) is 45.3 Å². The summed E-state index contributed by atoms with van der Waals surface area (Å²) in [5.74, 6) is -1.14. The number of aryl methyl sites for hydroxylation is 1. The van der Waals surface area contributed by atoms with Crippen molar-refractivity contribution >= 4 is 37.6 Å². The van der Waals surface area contributed by atoms with E-state index in [-0.39, 0.29) is 43.3 Å². The molecule has 0 aliphatic carbocycles. The predicted molar refractivity (Wildman–Crippen MR) is 138 cm³/mol. The molecule has 0 spiro atoms. The Bertz CT molecular complexity index is 1190. The first kappa shape index (κ1) is 28.2. The van der Waals surface area contributed by atoms with Gasteiger partial charge in [-0.1, -0.05) is 28.1 Å². The molecule has 1 saturated heterocycles. The molecule has 196 valence electrons. The van der Waals surface area contributed by atoms with Crippen molar-refractivity contribution in [2.75, 3.05) is 25.4 Å². The zero-order valence-corrected chi connectivity index (χ0v) is 22.7. The smallest absolute Gasteiger partial charge is 0.260 e. The number of amides is 1. The largest absolute Gasteiger partial charge is 0.483 e. The molecule has 1 heterocycles. The van der Waals surface area contributed by atoms with E-state index < -0.39 is 21.6 Å². The van der Waals surface area contributed by atoms with Gasteiger partial charge in [-0.05, 0) is 61.7 Å². The number of ketones is 1. The van der Waals surface area contributed by atoms with Gasteiger partial charge in [-0.25, -0.2) is 17.9 Å². The van der Waals surface area contributed by atoms with Gasteiger partial charge in [-0.2, -0.15) is 0 Å². The molecule has 36 heavy (non-hydrogen) atoms. The van der Waals surface area contributed by atoms with Crippen LogP contribution in [0.2, 0.25) is 0 Å². The Labute approximate surface area is 219 Å². The van der Waals surface area contributed by atoms with Crippen LogP contribution in [0.5, 0.6) is 5.75 Å². The van der Waals surface area contributed by atoms with Gasteiger partial charge in [0.05, 0.1) is 0 Å². The summed E-state index contributed by atoms with van der Waals surface area (Å²) >= 11 is 3.39. The lowest BCUT2D eigenvalue weighted by Crippen LogP contribution is -2.58. The normalized spacial score (nSPS) is 18.8. The van der Waals surface area contributed by atoms with Gasteiger partial charge in [0, 0.05) is 42.6 Å². The zero-order valence-electron chi connectivity index (χ0n) is 20.3. The first-order valence-electron chi connectivity index (χ1n) is 11.6. The molecule has 0 bridgehead atoms. The number of rotatable bonds is 10. The lowest BCUT2D eigenvalue weighted by Gasteiger charge is -2.44. The maximum absolute atomic E-state index is 13.2. The Morgan fingerprint density at radius 1 is 1.11 bits per heavy atom. The van der Waals surface area contributed by atoms with Gasteiger partial charge >= 0.3 is 0 Å². The highest BCUT2D eigenvalue weighted by Gasteiger charge is 2.32. The van der Waals surface area contributed by atoms with Gasteiger partial charge in [0.1, 0.15) is 23.1 Å². The van der Waals surface area contributed by atoms with Crippen LogP contribution in [0.1, 0.15) is 31.4 Å². The number of ether oxygens (including phenoxy) is 1. The maximum atomic E-state index is 13.2. The van der Waals surface area contributed by atoms with Gasteiger partial charge in [-0.15, -0.1) is 0 Å². The fraction of sp³-hybridized carbons (Fsp3) is 0.440. The fourth-order valence-electron chi connectivity index (χ4n) is 4.27. The molecule has 11 heteroatoms. The third kappa shape index (κ3) is 8.36. The fourth-order valence-corrected chi connectivity index (χ4v) is 5.27. The second kappa shape index (κ2) is 12.3. The Morgan fingerprint density at radius 3 is 2.47 bits per heavy atom. The standard InChI is InChI=1S/C25H31BrFN3O5S/c1-17-13-30(18(2)12-29(17)14-19-3-7-22(27)8-4-19)25(32)15-35-24-10-6-21(26)11-20(24)5-9-23(31)16-36(28,33)34/h3-4,6-8,10-11,17-18H,5,9,12-16H2,1-2H3,(H2,28,33,34)/t17-,18+/m0/s1. The molecular weight excluding hydrogens is 553 g/mol. The molecule has 0 unspecified atom stereocenters. The predicted octanol–water partition coefficient (Wildman–Crippen LogP) is 2.88. The molecule has 0 aromatic heterocycles. The van der Waals surface area contributed by atoms with E-state index >= 15 is 0 Å². The number of piperazine rings is 1. The number of hydrogen-bond acceptors (Lipinski definition) is 6. The molecule has 1 aliphatic rings. The average Bonchev–Trinajstić information content (AvgIpc) is 2.79. The van der Waals surface area contributed by atoms with Gasteiger partial charge in [0.2, 0.25) is 10.0 Å². The third-order valence-electron chi connectivity index (χ3n) is 6.14. The van der Waals surface area contributed by atoms with E-state index in [4.69, 9.17) is 9.88 Å². The molecule has 3 rings (SSSR count). The second-order valence-electron chi connectivity index (χ2n) is 9.19. The molecule has 2 aromatic rings. The molecule has 8 nitrogen and oxygen atoms in total. The summed E-state index contributed by atoms with van der Waals surface area (Å²) in [5, 5.41) is 4.95. The van der Waals surface area contributed by atoms with Crippen LogP contribution in [0.4, 0.5) is 4.39 Å². The summed E-state index contributed by atoms with van der Waals surface area (Å²) in [7, 11) is -3.87. The Kier molecular flexibility index (Phi) is 9.62. The van der Waals surface area contributed by atoms with E-state index in [1.165, 1.54) is 12.1 Å². The van der Waals surface area contributed by atoms with Gasteiger partial charge in [0.15, 0.2) is 6.61 Å². The third-order valence-corrected chi connectivity index (χ3v) is 7.36. The summed E-state index contributed by atoms with van der Waals surface area (Å²) in [6.07, 6.45) is 0.245. The number of halogens is 2. The van der Waals surface area contributed by atoms with E-state index in [0.29, 0.717) is 30.9 Å². The van der Waals surface area contributed by atoms with Crippen molar-refractivity contribution in [2.24, 2.45) is 5.14 Å². The quantitative estimate of drug-likeness (QED) is 0.460. The number of carbonyl (C=O) groups is 2. The van der Waals surface area contributed by atoms with Crippen LogP contribution >= 0.6 is 15.9 Å². The van der Waals surface area contributed by atoms with Crippen molar-refractivity contribution in [1.82, 2.24) is 9.80 Å². The highest BCUT2D eigenvalue weighted by atomic mass is 79.9. The number of sulfonamides is 1. The molecule has 1 fully saturated rings. The van der Waals surface area contributed by atoms with Gasteiger partial charge < -0.3 is 9.64 Å². The van der Waals surface area contributed by atoms with Crippen LogP contribution in [0.3, 0.4) is 0 Å². The van der Waals surface area contributed by atoms with E-state index in [1.807, 2.05) is 6.92 Å². The molecule has 1 aliphatic heterocycles. The summed E-state index contributed by atoms with van der Waals surface area (Å²) in [6, 6.07) is 11.8. The number of Topliss-reactive ketones (excluding diaryl/α,β-unsaturated/α-hetero) is 1. The van der Waals surface area contributed by atoms with Crippen molar-refractivity contribution in [1.29, 1.82) is 0 Å². The summed E-state index contributed by atoms with van der Waals surface area (Å²) in [5.41, 5.74) is 1.70. The Morgan fingerprint density at radius 2 is 1.81 bits per heavy atom. The summed E-state index contributed by atoms with van der Waals surface area (Å²) in [4.78, 5) is 29.0. The number of nitrogens with two attached hydrogens (primary N) is 1. The van der Waals surface area contributed by atoms with Crippen LogP contribution in [0.15, 0.2) is 46.9 Å². The Balaban J connectivity index is 1.57. The van der Waals surface area contributed by atoms with Gasteiger partial charge in [0.25, 0.3) is 5.91 Å². The minimum absolute atomic E-state index is 0.0121. The highest BCUT2D eigenvalue weighted by molar-refractivity contribution is 9.10. The summed E-state index contributed by atoms with van der Waals surface area (Å²) < 4.78 is 42.1. The highest BCUT2D eigenvalue weighted by Crippen LogP contribution is 2.25. The minimum Gasteiger partial charge on any atom is -0.483 e. The van der Waals surface area contributed by atoms with E-state index in [2.05, 4.69) is 27.8 Å². The minimum atomic E-state index is -3.87. The van der Waals surface area contributed by atoms with Crippen molar-refractivity contribution in [3.8, 4) is 5.75 Å². The first-order chi connectivity index (χ1) is 16.9. The van der Waals surface area contributed by atoms with Crippen LogP contribution in [-0.4, -0.2) is 67.4 Å². The number of benzene rings is 2. The molecular formula is C25H31BrFN3O5S.